The first-order valence-electron chi connectivity index (χ1n) is 5.16. The number of aliphatic hydroxyl groups is 1. The second kappa shape index (κ2) is 5.51. The maximum Gasteiger partial charge on any atom is 0.415 e. The van der Waals surface area contributed by atoms with E-state index in [9.17, 15) is 18.0 Å². The molecule has 0 bridgehead atoms. The fourth-order valence-corrected chi connectivity index (χ4v) is 2.96. The largest absolute Gasteiger partial charge is 0.415 e. The minimum atomic E-state index is -4.61. The number of fused-ring (bicyclic) bond motifs is 1. The SMILES string of the molecule is O=c1cc(CSCC(O)C(F)(F)F)nc2sccn12. The molecule has 0 aromatic carbocycles. The second-order valence-electron chi connectivity index (χ2n) is 3.71. The van der Waals surface area contributed by atoms with Gasteiger partial charge < -0.3 is 5.11 Å². The van der Waals surface area contributed by atoms with E-state index < -0.39 is 18.0 Å². The molecule has 1 N–H and O–H groups in total. The molecular formula is C10H9F3N2O2S2. The molecule has 2 aromatic heterocycles. The molecule has 104 valence electrons. The molecule has 0 fully saturated rings. The highest BCUT2D eigenvalue weighted by Gasteiger charge is 2.37. The van der Waals surface area contributed by atoms with Gasteiger partial charge in [0.1, 0.15) is 0 Å². The van der Waals surface area contributed by atoms with Gasteiger partial charge in [-0.05, 0) is 0 Å². The number of aliphatic hydroxyl groups excluding tert-OH is 1. The Kier molecular flexibility index (Phi) is 4.16. The summed E-state index contributed by atoms with van der Waals surface area (Å²) < 4.78 is 37.6. The number of aromatic nitrogens is 2. The minimum absolute atomic E-state index is 0.150. The van der Waals surface area contributed by atoms with Crippen molar-refractivity contribution >= 4 is 28.1 Å². The predicted molar refractivity (Wildman–Crippen MR) is 67.6 cm³/mol. The van der Waals surface area contributed by atoms with Crippen molar-refractivity contribution in [2.24, 2.45) is 0 Å². The number of alkyl halides is 3. The maximum absolute atomic E-state index is 12.1. The Balaban J connectivity index is 2.00. The standard InChI is InChI=1S/C10H9F3N2O2S2/c11-10(12,13)7(16)5-18-4-6-3-8(17)15-1-2-19-9(15)14-6/h1-3,7,16H,4-5H2. The van der Waals surface area contributed by atoms with Crippen LogP contribution in [0.1, 0.15) is 5.69 Å². The monoisotopic (exact) mass is 310 g/mol. The minimum Gasteiger partial charge on any atom is -0.383 e. The Hall–Kier alpha value is -1.06. The van der Waals surface area contributed by atoms with Crippen molar-refractivity contribution in [2.45, 2.75) is 18.0 Å². The highest BCUT2D eigenvalue weighted by molar-refractivity contribution is 7.98. The molecule has 0 aliphatic rings. The summed E-state index contributed by atoms with van der Waals surface area (Å²) in [5.74, 6) is -0.328. The number of halogens is 3. The first kappa shape index (κ1) is 14.4. The molecule has 0 saturated carbocycles. The van der Waals surface area contributed by atoms with E-state index in [1.54, 1.807) is 11.6 Å². The van der Waals surface area contributed by atoms with Crippen LogP contribution in [0.4, 0.5) is 13.2 Å². The fourth-order valence-electron chi connectivity index (χ4n) is 1.33. The molecule has 0 radical (unpaired) electrons. The van der Waals surface area contributed by atoms with Gasteiger partial charge in [0.05, 0.1) is 5.69 Å². The van der Waals surface area contributed by atoms with E-state index in [0.29, 0.717) is 10.7 Å². The Morgan fingerprint density at radius 3 is 2.95 bits per heavy atom. The lowest BCUT2D eigenvalue weighted by Crippen LogP contribution is -2.30. The first-order chi connectivity index (χ1) is 8.88. The van der Waals surface area contributed by atoms with Crippen LogP contribution in [0.25, 0.3) is 4.96 Å². The molecule has 0 amide bonds. The zero-order chi connectivity index (χ0) is 14.0. The quantitative estimate of drug-likeness (QED) is 0.937. The van der Waals surface area contributed by atoms with E-state index >= 15 is 0 Å². The highest BCUT2D eigenvalue weighted by Crippen LogP contribution is 2.24. The summed E-state index contributed by atoms with van der Waals surface area (Å²) in [5.41, 5.74) is 0.144. The van der Waals surface area contributed by atoms with Gasteiger partial charge in [-0.3, -0.25) is 9.20 Å². The van der Waals surface area contributed by atoms with Crippen molar-refractivity contribution in [1.29, 1.82) is 0 Å². The molecule has 1 atom stereocenters. The zero-order valence-electron chi connectivity index (χ0n) is 9.42. The maximum atomic E-state index is 12.1. The van der Waals surface area contributed by atoms with E-state index in [0.717, 1.165) is 11.8 Å². The van der Waals surface area contributed by atoms with Crippen LogP contribution in [0.5, 0.6) is 0 Å². The highest BCUT2D eigenvalue weighted by atomic mass is 32.2. The summed E-state index contributed by atoms with van der Waals surface area (Å²) in [6, 6.07) is 1.28. The molecule has 19 heavy (non-hydrogen) atoms. The van der Waals surface area contributed by atoms with Gasteiger partial charge in [-0.25, -0.2) is 4.98 Å². The van der Waals surface area contributed by atoms with Crippen molar-refractivity contribution < 1.29 is 18.3 Å². The van der Waals surface area contributed by atoms with Crippen molar-refractivity contribution in [3.8, 4) is 0 Å². The van der Waals surface area contributed by atoms with E-state index in [1.807, 2.05) is 0 Å². The lowest BCUT2D eigenvalue weighted by molar-refractivity contribution is -0.195. The van der Waals surface area contributed by atoms with Gasteiger partial charge >= 0.3 is 6.18 Å². The Morgan fingerprint density at radius 1 is 1.53 bits per heavy atom. The number of hydrogen-bond acceptors (Lipinski definition) is 5. The van der Waals surface area contributed by atoms with Crippen molar-refractivity contribution in [3.05, 3.63) is 33.7 Å². The van der Waals surface area contributed by atoms with Crippen LogP contribution < -0.4 is 5.56 Å². The molecule has 0 saturated heterocycles. The van der Waals surface area contributed by atoms with Crippen LogP contribution in [0.15, 0.2) is 22.4 Å². The molecule has 0 aliphatic heterocycles. The Bertz CT molecular complexity index is 623. The van der Waals surface area contributed by atoms with Gasteiger partial charge in [-0.2, -0.15) is 24.9 Å². The molecule has 1 unspecified atom stereocenters. The van der Waals surface area contributed by atoms with E-state index in [4.69, 9.17) is 5.11 Å². The van der Waals surface area contributed by atoms with Gasteiger partial charge in [-0.15, -0.1) is 11.3 Å². The van der Waals surface area contributed by atoms with Gasteiger partial charge in [0.15, 0.2) is 11.1 Å². The summed E-state index contributed by atoms with van der Waals surface area (Å²) in [6.45, 7) is 0. The van der Waals surface area contributed by atoms with Gasteiger partial charge in [-0.1, -0.05) is 0 Å². The molecule has 9 heteroatoms. The molecule has 2 aromatic rings. The van der Waals surface area contributed by atoms with Crippen molar-refractivity contribution in [1.82, 2.24) is 9.38 Å². The Labute approximate surface area is 113 Å². The molecular weight excluding hydrogens is 301 g/mol. The number of nitrogens with zero attached hydrogens (tertiary/aromatic N) is 2. The van der Waals surface area contributed by atoms with Crippen molar-refractivity contribution in [3.63, 3.8) is 0 Å². The number of hydrogen-bond donors (Lipinski definition) is 1. The van der Waals surface area contributed by atoms with Gasteiger partial charge in [0, 0.05) is 29.1 Å². The van der Waals surface area contributed by atoms with Gasteiger partial charge in [0.25, 0.3) is 5.56 Å². The third-order valence-electron chi connectivity index (χ3n) is 2.26. The number of rotatable bonds is 4. The summed E-state index contributed by atoms with van der Waals surface area (Å²) >= 11 is 2.16. The molecule has 2 heterocycles. The summed E-state index contributed by atoms with van der Waals surface area (Å²) in [4.78, 5) is 16.3. The number of thiazole rings is 1. The number of thioether (sulfide) groups is 1. The van der Waals surface area contributed by atoms with Crippen LogP contribution in [-0.4, -0.2) is 32.5 Å². The van der Waals surface area contributed by atoms with Crippen molar-refractivity contribution in [2.75, 3.05) is 5.75 Å². The van der Waals surface area contributed by atoms with Crippen LogP contribution in [-0.2, 0) is 5.75 Å². The smallest absolute Gasteiger partial charge is 0.383 e. The second-order valence-corrected chi connectivity index (χ2v) is 5.62. The van der Waals surface area contributed by atoms with E-state index in [2.05, 4.69) is 4.98 Å². The topological polar surface area (TPSA) is 54.6 Å². The summed E-state index contributed by atoms with van der Waals surface area (Å²) in [5, 5.41) is 10.5. The molecule has 4 nitrogen and oxygen atoms in total. The van der Waals surface area contributed by atoms with Crippen LogP contribution in [0, 0.1) is 0 Å². The van der Waals surface area contributed by atoms with E-state index in [1.165, 1.54) is 21.8 Å². The average molecular weight is 310 g/mol. The lowest BCUT2D eigenvalue weighted by Gasteiger charge is -2.13. The molecule has 2 rings (SSSR count). The predicted octanol–water partition coefficient (Wildman–Crippen LogP) is 1.91. The van der Waals surface area contributed by atoms with Crippen LogP contribution in [0.2, 0.25) is 0 Å². The Morgan fingerprint density at radius 2 is 2.26 bits per heavy atom. The third kappa shape index (κ3) is 3.48. The third-order valence-corrected chi connectivity index (χ3v) is 4.07. The molecule has 0 aliphatic carbocycles. The summed E-state index contributed by atoms with van der Waals surface area (Å²) in [7, 11) is 0. The summed E-state index contributed by atoms with van der Waals surface area (Å²) in [6.07, 6.45) is -5.39. The van der Waals surface area contributed by atoms with E-state index in [-0.39, 0.29) is 11.3 Å². The van der Waals surface area contributed by atoms with Gasteiger partial charge in [0.2, 0.25) is 0 Å². The zero-order valence-corrected chi connectivity index (χ0v) is 11.1. The fraction of sp³-hybridized carbons (Fsp3) is 0.400. The average Bonchev–Trinajstić information content (AvgIpc) is 2.76. The first-order valence-corrected chi connectivity index (χ1v) is 7.19. The molecule has 0 spiro atoms. The van der Waals surface area contributed by atoms with Crippen LogP contribution >= 0.6 is 23.1 Å². The van der Waals surface area contributed by atoms with Crippen LogP contribution in [0.3, 0.4) is 0 Å². The lowest BCUT2D eigenvalue weighted by atomic mass is 10.4. The normalized spacial score (nSPS) is 13.9.